The molecule has 0 aliphatic rings. The third kappa shape index (κ3) is 3.93. The van der Waals surface area contributed by atoms with Gasteiger partial charge in [-0.3, -0.25) is 14.9 Å². The number of nitro groups is 1. The van der Waals surface area contributed by atoms with Gasteiger partial charge in [0.25, 0.3) is 11.6 Å². The molecule has 2 rings (SSSR count). The minimum absolute atomic E-state index is 0.00539. The van der Waals surface area contributed by atoms with Gasteiger partial charge in [-0.05, 0) is 23.8 Å². The number of rotatable bonds is 4. The van der Waals surface area contributed by atoms with Gasteiger partial charge in [-0.15, -0.1) is 0 Å². The number of amides is 1. The summed E-state index contributed by atoms with van der Waals surface area (Å²) in [7, 11) is 0. The van der Waals surface area contributed by atoms with Crippen LogP contribution in [0.4, 0.5) is 5.69 Å². The molecule has 0 fully saturated rings. The molecule has 0 aliphatic carbocycles. The van der Waals surface area contributed by atoms with E-state index in [1.807, 2.05) is 0 Å². The smallest absolute Gasteiger partial charge is 0.269 e. The van der Waals surface area contributed by atoms with E-state index in [0.717, 1.165) is 5.56 Å². The number of halogens is 2. The maximum absolute atomic E-state index is 12.0. The fraction of sp³-hybridized carbons (Fsp3) is 0.0714. The Balaban J connectivity index is 2.02. The molecule has 21 heavy (non-hydrogen) atoms. The van der Waals surface area contributed by atoms with Crippen molar-refractivity contribution in [2.45, 2.75) is 6.54 Å². The summed E-state index contributed by atoms with van der Waals surface area (Å²) in [6, 6.07) is 10.5. The Bertz CT molecular complexity index is 687. The molecule has 0 aromatic heterocycles. The van der Waals surface area contributed by atoms with Crippen molar-refractivity contribution < 1.29 is 9.72 Å². The summed E-state index contributed by atoms with van der Waals surface area (Å²) in [5, 5.41) is 13.9. The van der Waals surface area contributed by atoms with Crippen molar-refractivity contribution >= 4 is 34.8 Å². The van der Waals surface area contributed by atoms with Gasteiger partial charge in [-0.2, -0.15) is 0 Å². The number of nitrogens with zero attached hydrogens (tertiary/aromatic N) is 1. The molecule has 0 heterocycles. The van der Waals surface area contributed by atoms with Gasteiger partial charge in [0.15, 0.2) is 0 Å². The first kappa shape index (κ1) is 15.3. The highest BCUT2D eigenvalue weighted by Crippen LogP contribution is 2.21. The van der Waals surface area contributed by atoms with Crippen molar-refractivity contribution in [2.75, 3.05) is 0 Å². The van der Waals surface area contributed by atoms with Crippen molar-refractivity contribution in [3.05, 3.63) is 73.8 Å². The summed E-state index contributed by atoms with van der Waals surface area (Å²) < 4.78 is 0. The van der Waals surface area contributed by atoms with Crippen LogP contribution in [0, 0.1) is 10.1 Å². The second kappa shape index (κ2) is 6.56. The van der Waals surface area contributed by atoms with E-state index >= 15 is 0 Å². The monoisotopic (exact) mass is 324 g/mol. The van der Waals surface area contributed by atoms with Crippen LogP contribution in [0.2, 0.25) is 10.0 Å². The van der Waals surface area contributed by atoms with E-state index < -0.39 is 4.92 Å². The van der Waals surface area contributed by atoms with Crippen LogP contribution in [0.1, 0.15) is 15.9 Å². The Kier molecular flexibility index (Phi) is 4.77. The number of nitro benzene ring substituents is 1. The molecule has 0 aliphatic heterocycles. The molecule has 7 heteroatoms. The standard InChI is InChI=1S/C14H10Cl2N2O3/c15-10-3-6-12(13(16)7-10)14(19)17-8-9-1-4-11(5-2-9)18(20)21/h1-7H,8H2,(H,17,19). The third-order valence-corrected chi connectivity index (χ3v) is 3.32. The van der Waals surface area contributed by atoms with E-state index in [1.165, 1.54) is 24.3 Å². The quantitative estimate of drug-likeness (QED) is 0.686. The highest BCUT2D eigenvalue weighted by Gasteiger charge is 2.11. The van der Waals surface area contributed by atoms with E-state index in [-0.39, 0.29) is 23.2 Å². The largest absolute Gasteiger partial charge is 0.348 e. The predicted molar refractivity (Wildman–Crippen MR) is 80.7 cm³/mol. The van der Waals surface area contributed by atoms with Crippen molar-refractivity contribution in [3.63, 3.8) is 0 Å². The zero-order chi connectivity index (χ0) is 15.4. The van der Waals surface area contributed by atoms with Crippen LogP contribution in [0.15, 0.2) is 42.5 Å². The zero-order valence-corrected chi connectivity index (χ0v) is 12.2. The fourth-order valence-corrected chi connectivity index (χ4v) is 2.18. The lowest BCUT2D eigenvalue weighted by molar-refractivity contribution is -0.384. The molecule has 5 nitrogen and oxygen atoms in total. The number of carbonyl (C=O) groups excluding carboxylic acids is 1. The molecule has 0 bridgehead atoms. The number of hydrogen-bond acceptors (Lipinski definition) is 3. The van der Waals surface area contributed by atoms with E-state index in [0.29, 0.717) is 10.6 Å². The van der Waals surface area contributed by atoms with Gasteiger partial charge in [0.1, 0.15) is 0 Å². The first-order chi connectivity index (χ1) is 9.97. The number of carbonyl (C=O) groups is 1. The fourth-order valence-electron chi connectivity index (χ4n) is 1.69. The third-order valence-electron chi connectivity index (χ3n) is 2.78. The number of nitrogens with one attached hydrogen (secondary N) is 1. The number of benzene rings is 2. The van der Waals surface area contributed by atoms with Gasteiger partial charge < -0.3 is 5.32 Å². The van der Waals surface area contributed by atoms with Gasteiger partial charge in [0.2, 0.25) is 0 Å². The molecular weight excluding hydrogens is 315 g/mol. The van der Waals surface area contributed by atoms with Crippen molar-refractivity contribution in [1.29, 1.82) is 0 Å². The van der Waals surface area contributed by atoms with Crippen LogP contribution in [0.25, 0.3) is 0 Å². The average molecular weight is 325 g/mol. The molecule has 1 N–H and O–H groups in total. The molecule has 0 unspecified atom stereocenters. The second-order valence-electron chi connectivity index (χ2n) is 4.23. The van der Waals surface area contributed by atoms with Crippen molar-refractivity contribution in [2.24, 2.45) is 0 Å². The average Bonchev–Trinajstić information content (AvgIpc) is 2.45. The normalized spacial score (nSPS) is 10.2. The molecule has 0 saturated heterocycles. The van der Waals surface area contributed by atoms with Gasteiger partial charge in [-0.1, -0.05) is 35.3 Å². The summed E-state index contributed by atoms with van der Waals surface area (Å²) in [4.78, 5) is 22.0. The summed E-state index contributed by atoms with van der Waals surface area (Å²) in [5.74, 6) is -0.338. The van der Waals surface area contributed by atoms with Crippen LogP contribution < -0.4 is 5.32 Å². The van der Waals surface area contributed by atoms with Crippen LogP contribution in [0.5, 0.6) is 0 Å². The molecule has 2 aromatic carbocycles. The summed E-state index contributed by atoms with van der Waals surface area (Å²) in [6.45, 7) is 0.246. The minimum Gasteiger partial charge on any atom is -0.348 e. The number of hydrogen-bond donors (Lipinski definition) is 1. The molecule has 0 saturated carbocycles. The molecule has 0 spiro atoms. The molecule has 0 atom stereocenters. The van der Waals surface area contributed by atoms with Crippen molar-refractivity contribution in [3.8, 4) is 0 Å². The van der Waals surface area contributed by atoms with Crippen LogP contribution in [0.3, 0.4) is 0 Å². The van der Waals surface area contributed by atoms with E-state index in [1.54, 1.807) is 18.2 Å². The Morgan fingerprint density at radius 2 is 1.81 bits per heavy atom. The maximum Gasteiger partial charge on any atom is 0.269 e. The second-order valence-corrected chi connectivity index (χ2v) is 5.07. The van der Waals surface area contributed by atoms with E-state index in [2.05, 4.69) is 5.32 Å². The van der Waals surface area contributed by atoms with Gasteiger partial charge in [-0.25, -0.2) is 0 Å². The van der Waals surface area contributed by atoms with Gasteiger partial charge >= 0.3 is 0 Å². The SMILES string of the molecule is O=C(NCc1ccc([N+](=O)[O-])cc1)c1ccc(Cl)cc1Cl. The topological polar surface area (TPSA) is 72.2 Å². The Labute approximate surface area is 130 Å². The lowest BCUT2D eigenvalue weighted by atomic mass is 10.2. The molecule has 108 valence electrons. The Hall–Kier alpha value is -2.11. The summed E-state index contributed by atoms with van der Waals surface area (Å²) >= 11 is 11.7. The Morgan fingerprint density at radius 1 is 1.14 bits per heavy atom. The number of non-ortho nitro benzene ring substituents is 1. The van der Waals surface area contributed by atoms with Gasteiger partial charge in [0.05, 0.1) is 15.5 Å². The van der Waals surface area contributed by atoms with E-state index in [9.17, 15) is 14.9 Å². The molecule has 2 aromatic rings. The zero-order valence-electron chi connectivity index (χ0n) is 10.7. The minimum atomic E-state index is -0.476. The molecular formula is C14H10Cl2N2O3. The lowest BCUT2D eigenvalue weighted by Crippen LogP contribution is -2.23. The maximum atomic E-state index is 12.0. The van der Waals surface area contributed by atoms with E-state index in [4.69, 9.17) is 23.2 Å². The Morgan fingerprint density at radius 3 is 2.38 bits per heavy atom. The van der Waals surface area contributed by atoms with Gasteiger partial charge in [0, 0.05) is 23.7 Å². The lowest BCUT2D eigenvalue weighted by Gasteiger charge is -2.07. The van der Waals surface area contributed by atoms with Crippen LogP contribution >= 0.6 is 23.2 Å². The first-order valence-electron chi connectivity index (χ1n) is 5.94. The summed E-state index contributed by atoms with van der Waals surface area (Å²) in [5.41, 5.74) is 1.08. The summed E-state index contributed by atoms with van der Waals surface area (Å²) in [6.07, 6.45) is 0. The predicted octanol–water partition coefficient (Wildman–Crippen LogP) is 3.83. The molecule has 1 amide bonds. The first-order valence-corrected chi connectivity index (χ1v) is 6.69. The van der Waals surface area contributed by atoms with Crippen LogP contribution in [-0.4, -0.2) is 10.8 Å². The van der Waals surface area contributed by atoms with Crippen molar-refractivity contribution in [1.82, 2.24) is 5.32 Å². The highest BCUT2D eigenvalue weighted by molar-refractivity contribution is 6.36. The highest BCUT2D eigenvalue weighted by atomic mass is 35.5. The molecule has 0 radical (unpaired) electrons. The van der Waals surface area contributed by atoms with Crippen LogP contribution in [-0.2, 0) is 6.54 Å².